The van der Waals surface area contributed by atoms with E-state index in [-0.39, 0.29) is 5.92 Å². The number of ether oxygens (including phenoxy) is 1. The van der Waals surface area contributed by atoms with E-state index in [9.17, 15) is 4.79 Å². The van der Waals surface area contributed by atoms with Crippen LogP contribution in [0.2, 0.25) is 0 Å². The summed E-state index contributed by atoms with van der Waals surface area (Å²) in [5, 5.41) is 0. The van der Waals surface area contributed by atoms with Gasteiger partial charge in [0.25, 0.3) is 0 Å². The Labute approximate surface area is 90.6 Å². The molecule has 1 aromatic rings. The van der Waals surface area contributed by atoms with Gasteiger partial charge in [-0.3, -0.25) is 4.79 Å². The lowest BCUT2D eigenvalue weighted by Gasteiger charge is -2.04. The van der Waals surface area contributed by atoms with Gasteiger partial charge < -0.3 is 4.74 Å². The topological polar surface area (TPSA) is 26.3 Å². The molecule has 80 valence electrons. The van der Waals surface area contributed by atoms with Crippen molar-refractivity contribution >= 4 is 12.4 Å². The quantitative estimate of drug-likeness (QED) is 0.556. The van der Waals surface area contributed by atoms with Crippen LogP contribution in [0.1, 0.15) is 19.4 Å². The van der Waals surface area contributed by atoms with Crippen molar-refractivity contribution in [1.82, 2.24) is 0 Å². The van der Waals surface area contributed by atoms with Crippen molar-refractivity contribution in [3.63, 3.8) is 0 Å². The molecule has 0 aliphatic rings. The maximum absolute atomic E-state index is 10.8. The third-order valence-electron chi connectivity index (χ3n) is 2.25. The van der Waals surface area contributed by atoms with Gasteiger partial charge in [0.2, 0.25) is 0 Å². The average molecular weight is 204 g/mol. The third-order valence-corrected chi connectivity index (χ3v) is 2.25. The minimum atomic E-state index is 0.254. The average Bonchev–Trinajstić information content (AvgIpc) is 2.26. The van der Waals surface area contributed by atoms with Crippen LogP contribution in [-0.2, 0) is 4.79 Å². The van der Waals surface area contributed by atoms with E-state index in [2.05, 4.69) is 0 Å². The standard InChI is InChI=1S/C13H16O2/c1-10(2)12(9-14)8-11-4-6-13(15-3)7-5-11/h4-10H,1-3H3. The van der Waals surface area contributed by atoms with Crippen molar-refractivity contribution in [2.45, 2.75) is 13.8 Å². The molecule has 0 unspecified atom stereocenters. The number of benzene rings is 1. The summed E-state index contributed by atoms with van der Waals surface area (Å²) < 4.78 is 5.06. The van der Waals surface area contributed by atoms with Gasteiger partial charge in [-0.25, -0.2) is 0 Å². The minimum Gasteiger partial charge on any atom is -0.497 e. The molecule has 0 aliphatic carbocycles. The predicted octanol–water partition coefficient (Wildman–Crippen LogP) is 2.93. The zero-order valence-electron chi connectivity index (χ0n) is 9.36. The Kier molecular flexibility index (Phi) is 4.10. The highest BCUT2D eigenvalue weighted by atomic mass is 16.5. The van der Waals surface area contributed by atoms with Crippen LogP contribution in [0.25, 0.3) is 6.08 Å². The van der Waals surface area contributed by atoms with E-state index in [0.29, 0.717) is 0 Å². The molecular weight excluding hydrogens is 188 g/mol. The van der Waals surface area contributed by atoms with E-state index >= 15 is 0 Å². The Hall–Kier alpha value is -1.57. The maximum atomic E-state index is 10.8. The zero-order valence-corrected chi connectivity index (χ0v) is 9.36. The molecule has 0 saturated heterocycles. The van der Waals surface area contributed by atoms with Crippen LogP contribution in [0, 0.1) is 5.92 Å². The Balaban J connectivity index is 2.91. The van der Waals surface area contributed by atoms with Crippen LogP contribution in [0.15, 0.2) is 29.8 Å². The van der Waals surface area contributed by atoms with Crippen LogP contribution >= 0.6 is 0 Å². The number of aldehydes is 1. The number of carbonyl (C=O) groups excluding carboxylic acids is 1. The van der Waals surface area contributed by atoms with Gasteiger partial charge in [-0.1, -0.05) is 26.0 Å². The molecule has 0 amide bonds. The molecule has 0 saturated carbocycles. The number of allylic oxidation sites excluding steroid dienone is 1. The predicted molar refractivity (Wildman–Crippen MR) is 61.9 cm³/mol. The van der Waals surface area contributed by atoms with E-state index in [1.165, 1.54) is 0 Å². The highest BCUT2D eigenvalue weighted by Crippen LogP contribution is 2.16. The van der Waals surface area contributed by atoms with E-state index in [0.717, 1.165) is 23.2 Å². The monoisotopic (exact) mass is 204 g/mol. The fourth-order valence-corrected chi connectivity index (χ4v) is 1.23. The highest BCUT2D eigenvalue weighted by molar-refractivity contribution is 5.82. The molecule has 1 rings (SSSR count). The van der Waals surface area contributed by atoms with Crippen LogP contribution < -0.4 is 4.74 Å². The van der Waals surface area contributed by atoms with Crippen LogP contribution in [0.4, 0.5) is 0 Å². The van der Waals surface area contributed by atoms with E-state index in [4.69, 9.17) is 4.74 Å². The van der Waals surface area contributed by atoms with E-state index in [1.807, 2.05) is 44.2 Å². The van der Waals surface area contributed by atoms with Crippen molar-refractivity contribution in [2.24, 2.45) is 5.92 Å². The molecule has 0 spiro atoms. The molecule has 0 radical (unpaired) electrons. The smallest absolute Gasteiger partial charge is 0.146 e. The molecule has 1 aromatic carbocycles. The van der Waals surface area contributed by atoms with Crippen molar-refractivity contribution in [3.05, 3.63) is 35.4 Å². The van der Waals surface area contributed by atoms with Gasteiger partial charge in [-0.15, -0.1) is 0 Å². The summed E-state index contributed by atoms with van der Waals surface area (Å²) in [4.78, 5) is 10.8. The molecule has 0 bridgehead atoms. The Morgan fingerprint density at radius 2 is 1.87 bits per heavy atom. The number of rotatable bonds is 4. The Bertz CT molecular complexity index is 347. The molecule has 0 N–H and O–H groups in total. The van der Waals surface area contributed by atoms with Gasteiger partial charge >= 0.3 is 0 Å². The van der Waals surface area contributed by atoms with Crippen LogP contribution in [0.3, 0.4) is 0 Å². The second-order valence-electron chi connectivity index (χ2n) is 3.69. The minimum absolute atomic E-state index is 0.254. The number of hydrogen-bond donors (Lipinski definition) is 0. The van der Waals surface area contributed by atoms with Crippen molar-refractivity contribution in [2.75, 3.05) is 7.11 Å². The zero-order chi connectivity index (χ0) is 11.3. The van der Waals surface area contributed by atoms with Crippen molar-refractivity contribution in [3.8, 4) is 5.75 Å². The number of methoxy groups -OCH3 is 1. The van der Waals surface area contributed by atoms with E-state index in [1.54, 1.807) is 7.11 Å². The molecule has 0 fully saturated rings. The molecule has 0 aliphatic heterocycles. The molecule has 2 heteroatoms. The molecule has 0 atom stereocenters. The molecule has 0 heterocycles. The lowest BCUT2D eigenvalue weighted by atomic mass is 10.0. The maximum Gasteiger partial charge on any atom is 0.146 e. The van der Waals surface area contributed by atoms with Crippen molar-refractivity contribution < 1.29 is 9.53 Å². The molecule has 2 nitrogen and oxygen atoms in total. The lowest BCUT2D eigenvalue weighted by molar-refractivity contribution is -0.105. The molecule has 0 aromatic heterocycles. The number of hydrogen-bond acceptors (Lipinski definition) is 2. The summed E-state index contributed by atoms with van der Waals surface area (Å²) in [5.74, 6) is 1.08. The number of carbonyl (C=O) groups is 1. The van der Waals surface area contributed by atoms with Gasteiger partial charge in [0.05, 0.1) is 7.11 Å². The Morgan fingerprint density at radius 3 is 2.27 bits per heavy atom. The summed E-state index contributed by atoms with van der Waals surface area (Å²) in [6.45, 7) is 4.01. The van der Waals surface area contributed by atoms with Crippen LogP contribution in [-0.4, -0.2) is 13.4 Å². The molecule has 15 heavy (non-hydrogen) atoms. The first-order chi connectivity index (χ1) is 7.17. The Morgan fingerprint density at radius 1 is 1.27 bits per heavy atom. The fraction of sp³-hybridized carbons (Fsp3) is 0.308. The van der Waals surface area contributed by atoms with Gasteiger partial charge in [0.15, 0.2) is 0 Å². The van der Waals surface area contributed by atoms with E-state index < -0.39 is 0 Å². The summed E-state index contributed by atoms with van der Waals surface area (Å²) >= 11 is 0. The largest absolute Gasteiger partial charge is 0.497 e. The fourth-order valence-electron chi connectivity index (χ4n) is 1.23. The normalized spacial score (nSPS) is 11.6. The first kappa shape index (κ1) is 11.5. The van der Waals surface area contributed by atoms with Crippen LogP contribution in [0.5, 0.6) is 5.75 Å². The second kappa shape index (κ2) is 5.35. The first-order valence-corrected chi connectivity index (χ1v) is 4.98. The first-order valence-electron chi connectivity index (χ1n) is 4.98. The van der Waals surface area contributed by atoms with Gasteiger partial charge in [-0.05, 0) is 35.3 Å². The van der Waals surface area contributed by atoms with Gasteiger partial charge in [0.1, 0.15) is 12.0 Å². The molecular formula is C13H16O2. The third kappa shape index (κ3) is 3.24. The highest BCUT2D eigenvalue weighted by Gasteiger charge is 2.01. The SMILES string of the molecule is COc1ccc(C=C(C=O)C(C)C)cc1. The van der Waals surface area contributed by atoms with Crippen molar-refractivity contribution in [1.29, 1.82) is 0 Å². The summed E-state index contributed by atoms with van der Waals surface area (Å²) in [5.41, 5.74) is 1.83. The summed E-state index contributed by atoms with van der Waals surface area (Å²) in [6.07, 6.45) is 2.81. The second-order valence-corrected chi connectivity index (χ2v) is 3.69. The summed E-state index contributed by atoms with van der Waals surface area (Å²) in [6, 6.07) is 7.64. The van der Waals surface area contributed by atoms with Gasteiger partial charge in [0, 0.05) is 0 Å². The van der Waals surface area contributed by atoms with Gasteiger partial charge in [-0.2, -0.15) is 0 Å². The lowest BCUT2D eigenvalue weighted by Crippen LogP contribution is -1.94. The summed E-state index contributed by atoms with van der Waals surface area (Å²) in [7, 11) is 1.63.